The van der Waals surface area contributed by atoms with E-state index in [1.807, 2.05) is 38.1 Å². The molecule has 0 atom stereocenters. The molecule has 0 heterocycles. The van der Waals surface area contributed by atoms with Gasteiger partial charge in [0.2, 0.25) is 0 Å². The molecule has 0 aliphatic heterocycles. The molecule has 22 heavy (non-hydrogen) atoms. The van der Waals surface area contributed by atoms with Crippen LogP contribution in [-0.4, -0.2) is 11.0 Å². The molecule has 2 N–H and O–H groups in total. The maximum atomic E-state index is 12.2. The van der Waals surface area contributed by atoms with Gasteiger partial charge in [-0.25, -0.2) is 0 Å². The Bertz CT molecular complexity index is 786. The lowest BCUT2D eigenvalue weighted by molar-refractivity contribution is -0.112. The van der Waals surface area contributed by atoms with Crippen molar-refractivity contribution in [2.45, 2.75) is 13.8 Å². The number of amides is 1. The van der Waals surface area contributed by atoms with Gasteiger partial charge < -0.3 is 10.4 Å². The van der Waals surface area contributed by atoms with Gasteiger partial charge in [-0.2, -0.15) is 5.26 Å². The third-order valence-electron chi connectivity index (χ3n) is 3.19. The summed E-state index contributed by atoms with van der Waals surface area (Å²) in [7, 11) is 0. The van der Waals surface area contributed by atoms with Crippen LogP contribution >= 0.6 is 0 Å². The lowest BCUT2D eigenvalue weighted by atomic mass is 10.1. The highest BCUT2D eigenvalue weighted by atomic mass is 16.3. The maximum absolute atomic E-state index is 12.2. The molecule has 4 heteroatoms. The highest BCUT2D eigenvalue weighted by molar-refractivity contribution is 6.10. The molecule has 2 aromatic carbocycles. The number of phenols is 1. The van der Waals surface area contributed by atoms with E-state index >= 15 is 0 Å². The Morgan fingerprint density at radius 1 is 1.23 bits per heavy atom. The van der Waals surface area contributed by atoms with Crippen molar-refractivity contribution in [3.05, 3.63) is 64.7 Å². The summed E-state index contributed by atoms with van der Waals surface area (Å²) in [6, 6.07) is 14.0. The molecule has 0 aliphatic rings. The summed E-state index contributed by atoms with van der Waals surface area (Å²) in [6.45, 7) is 3.82. The number of carbonyl (C=O) groups excluding carboxylic acids is 1. The number of rotatable bonds is 3. The zero-order valence-corrected chi connectivity index (χ0v) is 12.4. The number of hydrogen-bond donors (Lipinski definition) is 2. The fourth-order valence-electron chi connectivity index (χ4n) is 1.99. The van der Waals surface area contributed by atoms with E-state index in [0.29, 0.717) is 11.3 Å². The number of benzene rings is 2. The second-order valence-electron chi connectivity index (χ2n) is 5.04. The Labute approximate surface area is 129 Å². The minimum Gasteiger partial charge on any atom is -0.508 e. The molecule has 0 spiro atoms. The summed E-state index contributed by atoms with van der Waals surface area (Å²) < 4.78 is 0. The number of carbonyl (C=O) groups is 1. The number of hydrogen-bond acceptors (Lipinski definition) is 3. The van der Waals surface area contributed by atoms with Gasteiger partial charge in [-0.05, 0) is 54.8 Å². The van der Waals surface area contributed by atoms with Gasteiger partial charge in [0.05, 0.1) is 0 Å². The largest absolute Gasteiger partial charge is 0.508 e. The molecule has 4 nitrogen and oxygen atoms in total. The van der Waals surface area contributed by atoms with Gasteiger partial charge in [0.15, 0.2) is 0 Å². The predicted octanol–water partition coefficient (Wildman–Crippen LogP) is 3.55. The Morgan fingerprint density at radius 2 is 2.00 bits per heavy atom. The van der Waals surface area contributed by atoms with Crippen LogP contribution in [0.3, 0.4) is 0 Å². The molecule has 0 saturated carbocycles. The van der Waals surface area contributed by atoms with Gasteiger partial charge >= 0.3 is 0 Å². The van der Waals surface area contributed by atoms with Crippen LogP contribution in [0, 0.1) is 25.2 Å². The first-order chi connectivity index (χ1) is 10.5. The number of anilines is 1. The third-order valence-corrected chi connectivity index (χ3v) is 3.19. The molecule has 0 aliphatic carbocycles. The first-order valence-electron chi connectivity index (χ1n) is 6.79. The summed E-state index contributed by atoms with van der Waals surface area (Å²) in [5.41, 5.74) is 3.20. The molecule has 0 aromatic heterocycles. The number of phenolic OH excluding ortho intramolecular Hbond substituents is 1. The second-order valence-corrected chi connectivity index (χ2v) is 5.04. The van der Waals surface area contributed by atoms with E-state index in [-0.39, 0.29) is 11.3 Å². The summed E-state index contributed by atoms with van der Waals surface area (Å²) in [5, 5.41) is 21.4. The average Bonchev–Trinajstić information content (AvgIpc) is 2.48. The molecular weight excluding hydrogens is 276 g/mol. The Hall–Kier alpha value is -3.06. The van der Waals surface area contributed by atoms with E-state index in [9.17, 15) is 15.2 Å². The smallest absolute Gasteiger partial charge is 0.266 e. The van der Waals surface area contributed by atoms with Crippen LogP contribution in [0.1, 0.15) is 16.7 Å². The lowest BCUT2D eigenvalue weighted by Crippen LogP contribution is -2.14. The van der Waals surface area contributed by atoms with Crippen LogP contribution in [0.5, 0.6) is 5.75 Å². The molecular formula is C18H16N2O2. The number of nitrogens with one attached hydrogen (secondary N) is 1. The van der Waals surface area contributed by atoms with Gasteiger partial charge in [-0.3, -0.25) is 4.79 Å². The van der Waals surface area contributed by atoms with Gasteiger partial charge in [-0.1, -0.05) is 24.3 Å². The van der Waals surface area contributed by atoms with Crippen LogP contribution < -0.4 is 5.32 Å². The minimum atomic E-state index is -0.473. The summed E-state index contributed by atoms with van der Waals surface area (Å²) in [6.07, 6.45) is 1.44. The molecule has 0 fully saturated rings. The Morgan fingerprint density at radius 3 is 2.68 bits per heavy atom. The van der Waals surface area contributed by atoms with E-state index in [1.54, 1.807) is 12.1 Å². The first-order valence-corrected chi connectivity index (χ1v) is 6.79. The van der Waals surface area contributed by atoms with E-state index in [2.05, 4.69) is 5.32 Å². The molecule has 0 saturated heterocycles. The lowest BCUT2D eigenvalue weighted by Gasteiger charge is -2.08. The number of aryl methyl sites for hydroxylation is 2. The van der Waals surface area contributed by atoms with Crippen molar-refractivity contribution in [2.75, 3.05) is 5.32 Å². The SMILES string of the molecule is Cc1ccc(C)c(NC(=O)/C(C#N)=C\c2cccc(O)c2)c1. The van der Waals surface area contributed by atoms with Gasteiger partial charge in [0.25, 0.3) is 5.91 Å². The maximum Gasteiger partial charge on any atom is 0.266 e. The van der Waals surface area contributed by atoms with E-state index in [4.69, 9.17) is 0 Å². The third kappa shape index (κ3) is 3.74. The van der Waals surface area contributed by atoms with Crippen molar-refractivity contribution < 1.29 is 9.90 Å². The number of aromatic hydroxyl groups is 1. The summed E-state index contributed by atoms with van der Waals surface area (Å²) in [5.74, 6) is -0.388. The predicted molar refractivity (Wildman–Crippen MR) is 86.2 cm³/mol. The molecule has 0 unspecified atom stereocenters. The number of nitriles is 1. The molecule has 0 radical (unpaired) electrons. The van der Waals surface area contributed by atoms with Crippen LogP contribution in [0.2, 0.25) is 0 Å². The van der Waals surface area contributed by atoms with Gasteiger partial charge in [0.1, 0.15) is 17.4 Å². The van der Waals surface area contributed by atoms with Crippen molar-refractivity contribution in [3.63, 3.8) is 0 Å². The van der Waals surface area contributed by atoms with Crippen molar-refractivity contribution in [2.24, 2.45) is 0 Å². The Balaban J connectivity index is 2.26. The van der Waals surface area contributed by atoms with Crippen LogP contribution in [0.25, 0.3) is 6.08 Å². The fraction of sp³-hybridized carbons (Fsp3) is 0.111. The highest BCUT2D eigenvalue weighted by Gasteiger charge is 2.11. The monoisotopic (exact) mass is 292 g/mol. The van der Waals surface area contributed by atoms with Crippen molar-refractivity contribution >= 4 is 17.7 Å². The fourth-order valence-corrected chi connectivity index (χ4v) is 1.99. The van der Waals surface area contributed by atoms with E-state index in [0.717, 1.165) is 11.1 Å². The molecule has 2 rings (SSSR count). The Kier molecular flexibility index (Phi) is 4.60. The second kappa shape index (κ2) is 6.59. The average molecular weight is 292 g/mol. The van der Waals surface area contributed by atoms with Crippen molar-refractivity contribution in [1.82, 2.24) is 0 Å². The first kappa shape index (κ1) is 15.3. The van der Waals surface area contributed by atoms with Crippen LogP contribution in [-0.2, 0) is 4.79 Å². The normalized spacial score (nSPS) is 10.9. The molecule has 2 aromatic rings. The topological polar surface area (TPSA) is 73.1 Å². The highest BCUT2D eigenvalue weighted by Crippen LogP contribution is 2.18. The van der Waals surface area contributed by atoms with E-state index < -0.39 is 5.91 Å². The van der Waals surface area contributed by atoms with Gasteiger partial charge in [-0.15, -0.1) is 0 Å². The van der Waals surface area contributed by atoms with Crippen LogP contribution in [0.15, 0.2) is 48.0 Å². The summed E-state index contributed by atoms with van der Waals surface area (Å²) >= 11 is 0. The minimum absolute atomic E-state index is 0.0218. The van der Waals surface area contributed by atoms with Crippen molar-refractivity contribution in [3.8, 4) is 11.8 Å². The zero-order chi connectivity index (χ0) is 16.1. The zero-order valence-electron chi connectivity index (χ0n) is 12.4. The molecule has 0 bridgehead atoms. The van der Waals surface area contributed by atoms with Crippen LogP contribution in [0.4, 0.5) is 5.69 Å². The van der Waals surface area contributed by atoms with Crippen molar-refractivity contribution in [1.29, 1.82) is 5.26 Å². The molecule has 110 valence electrons. The standard InChI is InChI=1S/C18H16N2O2/c1-12-6-7-13(2)17(8-12)20-18(22)15(11-19)9-14-4-3-5-16(21)10-14/h3-10,21H,1-2H3,(H,20,22)/b15-9-. The van der Waals surface area contributed by atoms with E-state index in [1.165, 1.54) is 18.2 Å². The molecule has 1 amide bonds. The summed E-state index contributed by atoms with van der Waals surface area (Å²) in [4.78, 5) is 12.2. The number of nitrogens with zero attached hydrogens (tertiary/aromatic N) is 1. The quantitative estimate of drug-likeness (QED) is 0.671. The van der Waals surface area contributed by atoms with Gasteiger partial charge in [0, 0.05) is 5.69 Å².